The van der Waals surface area contributed by atoms with E-state index in [1.54, 1.807) is 0 Å². The van der Waals surface area contributed by atoms with Crippen LogP contribution in [0.25, 0.3) is 0 Å². The van der Waals surface area contributed by atoms with Gasteiger partial charge in [-0.25, -0.2) is 0 Å². The zero-order chi connectivity index (χ0) is 13.1. The second-order valence-electron chi connectivity index (χ2n) is 5.35. The van der Waals surface area contributed by atoms with Crippen molar-refractivity contribution >= 4 is 5.91 Å². The highest BCUT2D eigenvalue weighted by atomic mass is 16.5. The summed E-state index contributed by atoms with van der Waals surface area (Å²) in [7, 11) is 0. The fourth-order valence-corrected chi connectivity index (χ4v) is 2.42. The van der Waals surface area contributed by atoms with Crippen LogP contribution in [0.2, 0.25) is 0 Å². The van der Waals surface area contributed by atoms with Crippen molar-refractivity contribution in [2.45, 2.75) is 25.0 Å². The van der Waals surface area contributed by atoms with Crippen LogP contribution >= 0.6 is 0 Å². The SMILES string of the molecule is O=C(CN1CCO[C@@H](c2ccccc2)C1)NC1CC1. The van der Waals surface area contributed by atoms with Gasteiger partial charge in [0.1, 0.15) is 0 Å². The van der Waals surface area contributed by atoms with Crippen molar-refractivity contribution < 1.29 is 9.53 Å². The molecule has 1 aromatic carbocycles. The van der Waals surface area contributed by atoms with E-state index in [9.17, 15) is 4.79 Å². The van der Waals surface area contributed by atoms with Gasteiger partial charge in [-0.15, -0.1) is 0 Å². The van der Waals surface area contributed by atoms with E-state index < -0.39 is 0 Å². The van der Waals surface area contributed by atoms with Gasteiger partial charge in [-0.2, -0.15) is 0 Å². The van der Waals surface area contributed by atoms with Crippen LogP contribution < -0.4 is 5.32 Å². The third-order valence-electron chi connectivity index (χ3n) is 3.63. The first-order valence-electron chi connectivity index (χ1n) is 6.99. The second-order valence-corrected chi connectivity index (χ2v) is 5.35. The van der Waals surface area contributed by atoms with E-state index in [-0.39, 0.29) is 12.0 Å². The molecule has 4 nitrogen and oxygen atoms in total. The minimum Gasteiger partial charge on any atom is -0.371 e. The summed E-state index contributed by atoms with van der Waals surface area (Å²) >= 11 is 0. The van der Waals surface area contributed by atoms with Gasteiger partial charge in [0.05, 0.1) is 19.3 Å². The van der Waals surface area contributed by atoms with E-state index in [1.807, 2.05) is 18.2 Å². The van der Waals surface area contributed by atoms with Crippen molar-refractivity contribution in [1.29, 1.82) is 0 Å². The summed E-state index contributed by atoms with van der Waals surface area (Å²) in [6, 6.07) is 10.7. The zero-order valence-electron chi connectivity index (χ0n) is 11.0. The normalized spacial score (nSPS) is 24.1. The highest BCUT2D eigenvalue weighted by Gasteiger charge is 2.26. The van der Waals surface area contributed by atoms with Crippen molar-refractivity contribution in [2.75, 3.05) is 26.2 Å². The Kier molecular flexibility index (Phi) is 3.80. The predicted octanol–water partition coefficient (Wildman–Crippen LogP) is 1.34. The van der Waals surface area contributed by atoms with Gasteiger partial charge in [0.15, 0.2) is 0 Å². The Hall–Kier alpha value is -1.39. The number of morpholine rings is 1. The number of benzene rings is 1. The van der Waals surface area contributed by atoms with E-state index in [1.165, 1.54) is 5.56 Å². The summed E-state index contributed by atoms with van der Waals surface area (Å²) in [5.41, 5.74) is 1.19. The van der Waals surface area contributed by atoms with Crippen molar-refractivity contribution in [3.05, 3.63) is 35.9 Å². The Balaban J connectivity index is 1.54. The van der Waals surface area contributed by atoms with Crippen LogP contribution in [0.1, 0.15) is 24.5 Å². The summed E-state index contributed by atoms with van der Waals surface area (Å²) in [4.78, 5) is 14.0. The predicted molar refractivity (Wildman–Crippen MR) is 72.7 cm³/mol. The van der Waals surface area contributed by atoms with Crippen LogP contribution in [0.5, 0.6) is 0 Å². The topological polar surface area (TPSA) is 41.6 Å². The van der Waals surface area contributed by atoms with Gasteiger partial charge >= 0.3 is 0 Å². The number of amides is 1. The molecule has 4 heteroatoms. The van der Waals surface area contributed by atoms with Crippen molar-refractivity contribution in [3.8, 4) is 0 Å². The molecule has 0 bridgehead atoms. The first-order chi connectivity index (χ1) is 9.31. The Morgan fingerprint density at radius 2 is 2.11 bits per heavy atom. The Morgan fingerprint density at radius 3 is 2.84 bits per heavy atom. The van der Waals surface area contributed by atoms with Gasteiger partial charge in [0.25, 0.3) is 0 Å². The highest BCUT2D eigenvalue weighted by molar-refractivity contribution is 5.78. The Morgan fingerprint density at radius 1 is 1.32 bits per heavy atom. The molecular formula is C15H20N2O2. The van der Waals surface area contributed by atoms with Crippen LogP contribution in [0.3, 0.4) is 0 Å². The molecule has 0 unspecified atom stereocenters. The van der Waals surface area contributed by atoms with Crippen LogP contribution in [0.4, 0.5) is 0 Å². The molecule has 0 spiro atoms. The van der Waals surface area contributed by atoms with Crippen LogP contribution in [-0.4, -0.2) is 43.1 Å². The summed E-state index contributed by atoms with van der Waals surface area (Å²) in [5.74, 6) is 0.149. The first kappa shape index (κ1) is 12.6. The van der Waals surface area contributed by atoms with Gasteiger partial charge in [-0.1, -0.05) is 30.3 Å². The number of nitrogens with zero attached hydrogens (tertiary/aromatic N) is 1. The number of rotatable bonds is 4. The lowest BCUT2D eigenvalue weighted by atomic mass is 10.1. The maximum atomic E-state index is 11.8. The quantitative estimate of drug-likeness (QED) is 0.888. The molecule has 1 N–H and O–H groups in total. The second kappa shape index (κ2) is 5.72. The van der Waals surface area contributed by atoms with Crippen molar-refractivity contribution in [2.24, 2.45) is 0 Å². The number of hydrogen-bond acceptors (Lipinski definition) is 3. The molecular weight excluding hydrogens is 240 g/mol. The largest absolute Gasteiger partial charge is 0.371 e. The maximum Gasteiger partial charge on any atom is 0.234 e. The molecule has 1 amide bonds. The lowest BCUT2D eigenvalue weighted by Gasteiger charge is -2.32. The van der Waals surface area contributed by atoms with Gasteiger partial charge in [-0.05, 0) is 18.4 Å². The lowest BCUT2D eigenvalue weighted by molar-refractivity contribution is -0.124. The molecule has 2 fully saturated rings. The van der Waals surface area contributed by atoms with Gasteiger partial charge in [-0.3, -0.25) is 9.69 Å². The molecule has 3 rings (SSSR count). The summed E-state index contributed by atoms with van der Waals surface area (Å²) in [6.45, 7) is 2.81. The van der Waals surface area contributed by atoms with Gasteiger partial charge in [0, 0.05) is 19.1 Å². The van der Waals surface area contributed by atoms with Gasteiger partial charge < -0.3 is 10.1 Å². The minimum absolute atomic E-state index is 0.0867. The summed E-state index contributed by atoms with van der Waals surface area (Å²) < 4.78 is 5.80. The average molecular weight is 260 g/mol. The fraction of sp³-hybridized carbons (Fsp3) is 0.533. The monoisotopic (exact) mass is 260 g/mol. The fourth-order valence-electron chi connectivity index (χ4n) is 2.42. The molecule has 1 heterocycles. The molecule has 102 valence electrons. The zero-order valence-corrected chi connectivity index (χ0v) is 11.0. The summed E-state index contributed by atoms with van der Waals surface area (Å²) in [5, 5.41) is 3.03. The maximum absolute atomic E-state index is 11.8. The van der Waals surface area contributed by atoms with Gasteiger partial charge in [0.2, 0.25) is 5.91 Å². The molecule has 1 aliphatic heterocycles. The summed E-state index contributed by atoms with van der Waals surface area (Å²) in [6.07, 6.45) is 2.37. The van der Waals surface area contributed by atoms with E-state index in [2.05, 4.69) is 22.3 Å². The molecule has 1 aromatic rings. The molecule has 2 aliphatic rings. The van der Waals surface area contributed by atoms with E-state index in [0.717, 1.165) is 25.9 Å². The smallest absolute Gasteiger partial charge is 0.234 e. The third-order valence-corrected chi connectivity index (χ3v) is 3.63. The van der Waals surface area contributed by atoms with Crippen LogP contribution in [-0.2, 0) is 9.53 Å². The number of hydrogen-bond donors (Lipinski definition) is 1. The van der Waals surface area contributed by atoms with E-state index in [0.29, 0.717) is 19.2 Å². The Bertz CT molecular complexity index is 431. The number of ether oxygens (including phenoxy) is 1. The molecule has 1 saturated heterocycles. The average Bonchev–Trinajstić information content (AvgIpc) is 3.24. The standard InChI is InChI=1S/C15H20N2O2/c18-15(16-13-6-7-13)11-17-8-9-19-14(10-17)12-4-2-1-3-5-12/h1-5,13-14H,6-11H2,(H,16,18)/t14-/m1/s1. The van der Waals surface area contributed by atoms with E-state index in [4.69, 9.17) is 4.74 Å². The van der Waals surface area contributed by atoms with Crippen LogP contribution in [0, 0.1) is 0 Å². The molecule has 0 aromatic heterocycles. The van der Waals surface area contributed by atoms with Crippen molar-refractivity contribution in [1.82, 2.24) is 10.2 Å². The minimum atomic E-state index is 0.0867. The third kappa shape index (κ3) is 3.55. The molecule has 0 radical (unpaired) electrons. The van der Waals surface area contributed by atoms with E-state index >= 15 is 0 Å². The highest BCUT2D eigenvalue weighted by Crippen LogP contribution is 2.22. The first-order valence-corrected chi connectivity index (χ1v) is 6.99. The molecule has 19 heavy (non-hydrogen) atoms. The number of carbonyl (C=O) groups excluding carboxylic acids is 1. The molecule has 1 saturated carbocycles. The van der Waals surface area contributed by atoms with Crippen LogP contribution in [0.15, 0.2) is 30.3 Å². The lowest BCUT2D eigenvalue weighted by Crippen LogP contribution is -2.44. The Labute approximate surface area is 113 Å². The molecule has 1 atom stereocenters. The van der Waals surface area contributed by atoms with Crippen molar-refractivity contribution in [3.63, 3.8) is 0 Å². The number of carbonyl (C=O) groups is 1. The molecule has 1 aliphatic carbocycles. The number of nitrogens with one attached hydrogen (secondary N) is 1.